The molecule has 19 heavy (non-hydrogen) atoms. The summed E-state index contributed by atoms with van der Waals surface area (Å²) in [7, 11) is 0. The third-order valence-corrected chi connectivity index (χ3v) is 2.34. The minimum Gasteiger partial charge on any atom is -0.481 e. The molecule has 100 valence electrons. The number of hydrogen-bond acceptors (Lipinski definition) is 2. The van der Waals surface area contributed by atoms with Crippen LogP contribution in [0.3, 0.4) is 0 Å². The Bertz CT molecular complexity index is 506. The van der Waals surface area contributed by atoms with Crippen molar-refractivity contribution in [2.45, 2.75) is 25.8 Å². The highest BCUT2D eigenvalue weighted by atomic mass is 16.4. The van der Waals surface area contributed by atoms with Crippen molar-refractivity contribution in [3.63, 3.8) is 0 Å². The van der Waals surface area contributed by atoms with Gasteiger partial charge in [0.2, 0.25) is 0 Å². The minimum absolute atomic E-state index is 0.0787. The second-order valence-electron chi connectivity index (χ2n) is 4.18. The summed E-state index contributed by atoms with van der Waals surface area (Å²) in [6, 6.07) is 6.22. The average molecular weight is 260 g/mol. The minimum atomic E-state index is -0.913. The van der Waals surface area contributed by atoms with Crippen molar-refractivity contribution >= 4 is 17.7 Å². The molecule has 5 heteroatoms. The van der Waals surface area contributed by atoms with E-state index < -0.39 is 5.97 Å². The molecule has 0 aliphatic rings. The van der Waals surface area contributed by atoms with Gasteiger partial charge in [0.25, 0.3) is 0 Å². The summed E-state index contributed by atoms with van der Waals surface area (Å²) in [4.78, 5) is 22.2. The lowest BCUT2D eigenvalue weighted by Gasteiger charge is -2.12. The SMILES string of the molecule is C#CCC(C)NC(=O)Nc1cccc(CC(=O)O)c1. The van der Waals surface area contributed by atoms with Crippen LogP contribution >= 0.6 is 0 Å². The Morgan fingerprint density at radius 1 is 1.47 bits per heavy atom. The average Bonchev–Trinajstić information content (AvgIpc) is 2.28. The summed E-state index contributed by atoms with van der Waals surface area (Å²) in [5, 5.41) is 14.0. The topological polar surface area (TPSA) is 78.4 Å². The van der Waals surface area contributed by atoms with Gasteiger partial charge in [-0.2, -0.15) is 0 Å². The Morgan fingerprint density at radius 2 is 2.21 bits per heavy atom. The molecule has 0 radical (unpaired) electrons. The third kappa shape index (κ3) is 5.59. The van der Waals surface area contributed by atoms with Gasteiger partial charge in [0.15, 0.2) is 0 Å². The normalized spacial score (nSPS) is 11.2. The van der Waals surface area contributed by atoms with E-state index >= 15 is 0 Å². The highest BCUT2D eigenvalue weighted by molar-refractivity contribution is 5.89. The molecule has 0 heterocycles. The number of aliphatic carboxylic acids is 1. The van der Waals surface area contributed by atoms with E-state index in [-0.39, 0.29) is 18.5 Å². The van der Waals surface area contributed by atoms with Gasteiger partial charge in [-0.05, 0) is 24.6 Å². The number of urea groups is 1. The molecule has 0 spiro atoms. The molecule has 1 aromatic carbocycles. The van der Waals surface area contributed by atoms with E-state index in [4.69, 9.17) is 11.5 Å². The van der Waals surface area contributed by atoms with Crippen LogP contribution in [0.25, 0.3) is 0 Å². The number of nitrogens with one attached hydrogen (secondary N) is 2. The monoisotopic (exact) mass is 260 g/mol. The fourth-order valence-electron chi connectivity index (χ4n) is 1.55. The summed E-state index contributed by atoms with van der Waals surface area (Å²) in [5.74, 6) is 1.55. The van der Waals surface area contributed by atoms with Crippen LogP contribution in [0.1, 0.15) is 18.9 Å². The van der Waals surface area contributed by atoms with Crippen molar-refractivity contribution in [1.29, 1.82) is 0 Å². The molecular weight excluding hydrogens is 244 g/mol. The first-order valence-electron chi connectivity index (χ1n) is 5.83. The molecule has 3 N–H and O–H groups in total. The standard InChI is InChI=1S/C14H16N2O3/c1-3-5-10(2)15-14(19)16-12-7-4-6-11(8-12)9-13(17)18/h1,4,6-8,10H,5,9H2,2H3,(H,17,18)(H2,15,16,19). The highest BCUT2D eigenvalue weighted by Crippen LogP contribution is 2.11. The number of terminal acetylenes is 1. The maximum Gasteiger partial charge on any atom is 0.319 e. The molecule has 0 bridgehead atoms. The van der Waals surface area contributed by atoms with Crippen LogP contribution in [0.4, 0.5) is 10.5 Å². The Kier molecular flexibility index (Phi) is 5.42. The number of rotatable bonds is 5. The number of carboxylic acid groups (broad SMARTS) is 1. The molecule has 0 aromatic heterocycles. The van der Waals surface area contributed by atoms with Crippen molar-refractivity contribution in [3.8, 4) is 12.3 Å². The number of carboxylic acids is 1. The lowest BCUT2D eigenvalue weighted by molar-refractivity contribution is -0.136. The van der Waals surface area contributed by atoms with Crippen LogP contribution in [-0.4, -0.2) is 23.1 Å². The van der Waals surface area contributed by atoms with Crippen LogP contribution in [0.15, 0.2) is 24.3 Å². The second-order valence-corrected chi connectivity index (χ2v) is 4.18. The van der Waals surface area contributed by atoms with E-state index in [9.17, 15) is 9.59 Å². The number of hydrogen-bond donors (Lipinski definition) is 3. The number of amides is 2. The maximum absolute atomic E-state index is 11.6. The molecule has 1 aromatic rings. The highest BCUT2D eigenvalue weighted by Gasteiger charge is 2.07. The van der Waals surface area contributed by atoms with Gasteiger partial charge < -0.3 is 15.7 Å². The molecule has 1 atom stereocenters. The first-order chi connectivity index (χ1) is 9.01. The largest absolute Gasteiger partial charge is 0.481 e. The van der Waals surface area contributed by atoms with E-state index in [1.165, 1.54) is 0 Å². The molecule has 5 nitrogen and oxygen atoms in total. The lowest BCUT2D eigenvalue weighted by Crippen LogP contribution is -2.35. The molecule has 1 rings (SSSR count). The smallest absolute Gasteiger partial charge is 0.319 e. The molecule has 0 saturated heterocycles. The fourth-order valence-corrected chi connectivity index (χ4v) is 1.55. The van der Waals surface area contributed by atoms with Crippen LogP contribution in [-0.2, 0) is 11.2 Å². The Hall–Kier alpha value is -2.48. The van der Waals surface area contributed by atoms with Gasteiger partial charge in [-0.1, -0.05) is 12.1 Å². The zero-order valence-corrected chi connectivity index (χ0v) is 10.6. The van der Waals surface area contributed by atoms with E-state index in [0.29, 0.717) is 17.7 Å². The Labute approximate surface area is 112 Å². The molecular formula is C14H16N2O3. The number of carbonyl (C=O) groups excluding carboxylic acids is 1. The van der Waals surface area contributed by atoms with Crippen LogP contribution in [0, 0.1) is 12.3 Å². The van der Waals surface area contributed by atoms with Gasteiger partial charge in [-0.3, -0.25) is 4.79 Å². The second kappa shape index (κ2) is 7.07. The molecule has 1 unspecified atom stereocenters. The van der Waals surface area contributed by atoms with Gasteiger partial charge in [-0.15, -0.1) is 12.3 Å². The van der Waals surface area contributed by atoms with Gasteiger partial charge in [0.1, 0.15) is 0 Å². The van der Waals surface area contributed by atoms with Crippen molar-refractivity contribution in [2.24, 2.45) is 0 Å². The van der Waals surface area contributed by atoms with E-state index in [2.05, 4.69) is 16.6 Å². The molecule has 2 amide bonds. The van der Waals surface area contributed by atoms with Crippen molar-refractivity contribution in [3.05, 3.63) is 29.8 Å². The molecule has 0 fully saturated rings. The molecule has 0 aliphatic heterocycles. The van der Waals surface area contributed by atoms with Crippen molar-refractivity contribution < 1.29 is 14.7 Å². The Morgan fingerprint density at radius 3 is 2.84 bits per heavy atom. The number of benzene rings is 1. The lowest BCUT2D eigenvalue weighted by atomic mass is 10.1. The van der Waals surface area contributed by atoms with Gasteiger partial charge in [-0.25, -0.2) is 4.79 Å². The first-order valence-corrected chi connectivity index (χ1v) is 5.83. The van der Waals surface area contributed by atoms with E-state index in [1.54, 1.807) is 31.2 Å². The quantitative estimate of drug-likeness (QED) is 0.707. The summed E-state index contributed by atoms with van der Waals surface area (Å²) in [6.45, 7) is 1.81. The van der Waals surface area contributed by atoms with Gasteiger partial charge in [0.05, 0.1) is 6.42 Å². The predicted molar refractivity (Wildman–Crippen MR) is 72.8 cm³/mol. The summed E-state index contributed by atoms with van der Waals surface area (Å²) in [5.41, 5.74) is 1.17. The number of carbonyl (C=O) groups is 2. The maximum atomic E-state index is 11.6. The van der Waals surface area contributed by atoms with Gasteiger partial charge in [0, 0.05) is 18.2 Å². The van der Waals surface area contributed by atoms with E-state index in [1.807, 2.05) is 0 Å². The Balaban J connectivity index is 2.59. The van der Waals surface area contributed by atoms with Crippen molar-refractivity contribution in [1.82, 2.24) is 5.32 Å². The van der Waals surface area contributed by atoms with Gasteiger partial charge >= 0.3 is 12.0 Å². The van der Waals surface area contributed by atoms with Crippen LogP contribution < -0.4 is 10.6 Å². The predicted octanol–water partition coefficient (Wildman–Crippen LogP) is 1.85. The van der Waals surface area contributed by atoms with E-state index in [0.717, 1.165) is 0 Å². The summed E-state index contributed by atoms with van der Waals surface area (Å²) < 4.78 is 0. The summed E-state index contributed by atoms with van der Waals surface area (Å²) in [6.07, 6.45) is 5.52. The first kappa shape index (κ1) is 14.6. The fraction of sp³-hybridized carbons (Fsp3) is 0.286. The van der Waals surface area contributed by atoms with Crippen LogP contribution in [0.2, 0.25) is 0 Å². The summed E-state index contributed by atoms with van der Waals surface area (Å²) >= 11 is 0. The zero-order valence-electron chi connectivity index (χ0n) is 10.6. The number of anilines is 1. The van der Waals surface area contributed by atoms with Crippen molar-refractivity contribution in [2.75, 3.05) is 5.32 Å². The third-order valence-electron chi connectivity index (χ3n) is 2.34. The zero-order chi connectivity index (χ0) is 14.3. The molecule has 0 saturated carbocycles. The molecule has 0 aliphatic carbocycles. The van der Waals surface area contributed by atoms with Crippen LogP contribution in [0.5, 0.6) is 0 Å².